The van der Waals surface area contributed by atoms with E-state index in [1.54, 1.807) is 37.3 Å². The molecule has 0 fully saturated rings. The monoisotopic (exact) mass is 523 g/mol. The van der Waals surface area contributed by atoms with Gasteiger partial charge in [-0.15, -0.1) is 0 Å². The molecule has 0 spiro atoms. The highest BCUT2D eigenvalue weighted by molar-refractivity contribution is 7.51. The van der Waals surface area contributed by atoms with Crippen molar-refractivity contribution in [3.8, 4) is 5.75 Å². The van der Waals surface area contributed by atoms with E-state index in [0.717, 1.165) is 18.9 Å². The standard InChI is InChI=1S/C22H26N3O10P/c1-15-11-25(22(29)23-21(15)28)18-10-9-17(34-18)14-33-36(30,35-16-7-5-4-6-8-16)24(12-19(26)31-2)13-20(27)32-3/h4-11,17-18H,12-14H2,1-3H3,(H,23,28,29)/t17-,18+,36+/m0/s1. The number of hydrogen-bond acceptors (Lipinski definition) is 10. The van der Waals surface area contributed by atoms with Gasteiger partial charge in [-0.05, 0) is 25.1 Å². The maximum absolute atomic E-state index is 13.9. The Morgan fingerprint density at radius 3 is 2.33 bits per heavy atom. The van der Waals surface area contributed by atoms with Gasteiger partial charge in [-0.1, -0.05) is 24.3 Å². The highest BCUT2D eigenvalue weighted by atomic mass is 31.2. The highest BCUT2D eigenvalue weighted by Crippen LogP contribution is 2.52. The number of benzene rings is 1. The van der Waals surface area contributed by atoms with Crippen LogP contribution in [-0.4, -0.2) is 66.2 Å². The minimum absolute atomic E-state index is 0.164. The van der Waals surface area contributed by atoms with Crippen LogP contribution in [0.3, 0.4) is 0 Å². The first-order chi connectivity index (χ1) is 17.1. The Hall–Kier alpha value is -3.51. The molecule has 13 nitrogen and oxygen atoms in total. The summed E-state index contributed by atoms with van der Waals surface area (Å²) in [7, 11) is -2.07. The van der Waals surface area contributed by atoms with Crippen molar-refractivity contribution >= 4 is 19.7 Å². The lowest BCUT2D eigenvalue weighted by molar-refractivity contribution is -0.144. The number of aromatic amines is 1. The first-order valence-electron chi connectivity index (χ1n) is 10.7. The van der Waals surface area contributed by atoms with E-state index in [1.165, 1.54) is 22.9 Å². The maximum atomic E-state index is 13.9. The average molecular weight is 523 g/mol. The number of rotatable bonds is 11. The topological polar surface area (TPSA) is 155 Å². The van der Waals surface area contributed by atoms with Gasteiger partial charge in [0.05, 0.1) is 20.8 Å². The van der Waals surface area contributed by atoms with E-state index in [0.29, 0.717) is 5.56 Å². The number of hydrogen-bond donors (Lipinski definition) is 1. The van der Waals surface area contributed by atoms with Gasteiger partial charge in [0.2, 0.25) is 0 Å². The zero-order valence-electron chi connectivity index (χ0n) is 19.8. The molecule has 0 saturated heterocycles. The Labute approximate surface area is 205 Å². The summed E-state index contributed by atoms with van der Waals surface area (Å²) in [5.74, 6) is -1.41. The second-order valence-corrected chi connectivity index (χ2v) is 9.52. The van der Waals surface area contributed by atoms with Gasteiger partial charge >= 0.3 is 25.4 Å². The number of carbonyl (C=O) groups is 2. The number of esters is 2. The van der Waals surface area contributed by atoms with Gasteiger partial charge in [-0.2, -0.15) is 4.67 Å². The fourth-order valence-corrected chi connectivity index (χ4v) is 4.75. The van der Waals surface area contributed by atoms with Crippen LogP contribution in [0, 0.1) is 6.92 Å². The third kappa shape index (κ3) is 6.79. The highest BCUT2D eigenvalue weighted by Gasteiger charge is 2.40. The Bertz CT molecular complexity index is 1250. The second-order valence-electron chi connectivity index (χ2n) is 7.57. The van der Waals surface area contributed by atoms with Crippen LogP contribution in [0.25, 0.3) is 0 Å². The lowest BCUT2D eigenvalue weighted by Crippen LogP contribution is -2.36. The maximum Gasteiger partial charge on any atom is 0.462 e. The summed E-state index contributed by atoms with van der Waals surface area (Å²) in [5, 5.41) is 0. The molecule has 0 radical (unpaired) electrons. The molecule has 3 atom stereocenters. The van der Waals surface area contributed by atoms with Crippen molar-refractivity contribution in [2.24, 2.45) is 0 Å². The summed E-state index contributed by atoms with van der Waals surface area (Å²) in [6.45, 7) is 0.0347. The zero-order chi connectivity index (χ0) is 26.3. The van der Waals surface area contributed by atoms with E-state index < -0.39 is 56.4 Å². The molecule has 2 heterocycles. The number of nitrogens with zero attached hydrogens (tertiary/aromatic N) is 2. The van der Waals surface area contributed by atoms with Crippen LogP contribution in [0.15, 0.2) is 58.3 Å². The second kappa shape index (κ2) is 12.0. The SMILES string of the molecule is COC(=O)CN(CC(=O)OC)[P@@](=O)(OC[C@@H]1C=C[C@H](n2cc(C)c(=O)[nH]c2=O)O1)Oc1ccccc1. The van der Waals surface area contributed by atoms with Crippen molar-refractivity contribution in [2.45, 2.75) is 19.3 Å². The summed E-state index contributed by atoms with van der Waals surface area (Å²) in [6.07, 6.45) is 2.88. The molecular weight excluding hydrogens is 497 g/mol. The van der Waals surface area contributed by atoms with Crippen molar-refractivity contribution in [1.29, 1.82) is 0 Å². The molecule has 2 aromatic rings. The smallest absolute Gasteiger partial charge is 0.462 e. The van der Waals surface area contributed by atoms with Crippen molar-refractivity contribution in [3.05, 3.63) is 75.1 Å². The molecule has 1 N–H and O–H groups in total. The molecule has 0 unspecified atom stereocenters. The molecule has 36 heavy (non-hydrogen) atoms. The van der Waals surface area contributed by atoms with Gasteiger partial charge in [0, 0.05) is 11.8 Å². The Morgan fingerprint density at radius 1 is 1.08 bits per heavy atom. The number of carbonyl (C=O) groups excluding carboxylic acids is 2. The van der Waals surface area contributed by atoms with E-state index in [9.17, 15) is 23.7 Å². The Kier molecular flexibility index (Phi) is 8.99. The van der Waals surface area contributed by atoms with E-state index in [1.807, 2.05) is 0 Å². The van der Waals surface area contributed by atoms with Gasteiger partial charge in [-0.25, -0.2) is 9.36 Å². The van der Waals surface area contributed by atoms with Crippen molar-refractivity contribution in [3.63, 3.8) is 0 Å². The predicted octanol–water partition coefficient (Wildman–Crippen LogP) is 1.15. The summed E-state index contributed by atoms with van der Waals surface area (Å²) in [6, 6.07) is 8.05. The van der Waals surface area contributed by atoms with Gasteiger partial charge in [0.25, 0.3) is 5.56 Å². The largest absolute Gasteiger partial charge is 0.468 e. The first kappa shape index (κ1) is 27.1. The molecule has 1 aromatic heterocycles. The molecule has 1 aromatic carbocycles. The molecular formula is C22H26N3O10P. The van der Waals surface area contributed by atoms with Gasteiger partial charge in [0.15, 0.2) is 6.23 Å². The Balaban J connectivity index is 1.81. The summed E-state index contributed by atoms with van der Waals surface area (Å²) >= 11 is 0. The van der Waals surface area contributed by atoms with Crippen LogP contribution in [0.2, 0.25) is 0 Å². The summed E-state index contributed by atoms with van der Waals surface area (Å²) in [5.41, 5.74) is -0.857. The van der Waals surface area contributed by atoms with Crippen molar-refractivity contribution < 1.29 is 37.4 Å². The minimum Gasteiger partial charge on any atom is -0.468 e. The average Bonchev–Trinajstić information content (AvgIpc) is 3.33. The molecule has 1 aliphatic rings. The van der Waals surface area contributed by atoms with Crippen LogP contribution in [-0.2, 0) is 32.9 Å². The van der Waals surface area contributed by atoms with E-state index in [-0.39, 0.29) is 12.4 Å². The van der Waals surface area contributed by atoms with Crippen molar-refractivity contribution in [2.75, 3.05) is 33.9 Å². The first-order valence-corrected chi connectivity index (χ1v) is 12.2. The molecule has 0 amide bonds. The quantitative estimate of drug-likeness (QED) is 0.256. The lowest BCUT2D eigenvalue weighted by Gasteiger charge is -2.29. The summed E-state index contributed by atoms with van der Waals surface area (Å²) in [4.78, 5) is 50.0. The molecule has 194 valence electrons. The van der Waals surface area contributed by atoms with Gasteiger partial charge < -0.3 is 18.7 Å². The third-order valence-corrected chi connectivity index (χ3v) is 6.91. The lowest BCUT2D eigenvalue weighted by atomic mass is 10.3. The fraction of sp³-hybridized carbons (Fsp3) is 0.364. The Morgan fingerprint density at radius 2 is 1.72 bits per heavy atom. The molecule has 3 rings (SSSR count). The third-order valence-electron chi connectivity index (χ3n) is 5.02. The number of nitrogens with one attached hydrogen (secondary N) is 1. The van der Waals surface area contributed by atoms with Crippen LogP contribution in [0.4, 0.5) is 0 Å². The molecule has 0 aliphatic carbocycles. The van der Waals surface area contributed by atoms with Crippen LogP contribution < -0.4 is 15.8 Å². The molecule has 0 saturated carbocycles. The van der Waals surface area contributed by atoms with Crippen LogP contribution in [0.5, 0.6) is 5.75 Å². The van der Waals surface area contributed by atoms with Crippen LogP contribution >= 0.6 is 7.75 Å². The molecule has 1 aliphatic heterocycles. The van der Waals surface area contributed by atoms with Gasteiger partial charge in [-0.3, -0.25) is 28.5 Å². The number of aromatic nitrogens is 2. The van der Waals surface area contributed by atoms with Crippen LogP contribution in [0.1, 0.15) is 11.8 Å². The predicted molar refractivity (Wildman–Crippen MR) is 125 cm³/mol. The van der Waals surface area contributed by atoms with E-state index >= 15 is 0 Å². The fourth-order valence-electron chi connectivity index (χ4n) is 3.12. The number of H-pyrrole nitrogens is 1. The number of ether oxygens (including phenoxy) is 3. The molecule has 0 bridgehead atoms. The number of aryl methyl sites for hydroxylation is 1. The van der Waals surface area contributed by atoms with Crippen molar-refractivity contribution in [1.82, 2.24) is 14.2 Å². The normalized spacial score (nSPS) is 18.6. The van der Waals surface area contributed by atoms with Gasteiger partial charge in [0.1, 0.15) is 24.9 Å². The summed E-state index contributed by atoms with van der Waals surface area (Å²) < 4.78 is 42.4. The number of para-hydroxylation sites is 1. The number of methoxy groups -OCH3 is 2. The molecule has 14 heteroatoms. The minimum atomic E-state index is -4.35. The zero-order valence-corrected chi connectivity index (χ0v) is 20.7. The van der Waals surface area contributed by atoms with E-state index in [2.05, 4.69) is 14.5 Å². The van der Waals surface area contributed by atoms with E-state index in [4.69, 9.17) is 13.8 Å².